The van der Waals surface area contributed by atoms with Crippen LogP contribution in [-0.4, -0.2) is 19.9 Å². The van der Waals surface area contributed by atoms with Gasteiger partial charge in [-0.1, -0.05) is 6.07 Å². The summed E-state index contributed by atoms with van der Waals surface area (Å²) in [6.07, 6.45) is 1.11. The average Bonchev–Trinajstić information content (AvgIpc) is 2.60. The molecule has 2 aromatic rings. The van der Waals surface area contributed by atoms with Gasteiger partial charge in [0.25, 0.3) is 0 Å². The molecule has 0 bridgehead atoms. The van der Waals surface area contributed by atoms with Crippen LogP contribution in [-0.2, 0) is 6.42 Å². The number of halogens is 2. The third-order valence-electron chi connectivity index (χ3n) is 3.72. The van der Waals surface area contributed by atoms with Crippen molar-refractivity contribution in [2.24, 2.45) is 4.99 Å². The largest absolute Gasteiger partial charge is 0.453 e. The van der Waals surface area contributed by atoms with Crippen LogP contribution in [0.3, 0.4) is 0 Å². The highest BCUT2D eigenvalue weighted by Crippen LogP contribution is 2.35. The summed E-state index contributed by atoms with van der Waals surface area (Å²) in [5.74, 6) is 0.939. The summed E-state index contributed by atoms with van der Waals surface area (Å²) in [7, 11) is 3.49. The van der Waals surface area contributed by atoms with Gasteiger partial charge in [-0.25, -0.2) is 4.39 Å². The first kappa shape index (κ1) is 18.9. The molecule has 0 aromatic heterocycles. The van der Waals surface area contributed by atoms with E-state index in [1.165, 1.54) is 0 Å². The molecule has 0 saturated carbocycles. The summed E-state index contributed by atoms with van der Waals surface area (Å²) in [6.45, 7) is 1.86. The van der Waals surface area contributed by atoms with Crippen molar-refractivity contribution in [2.75, 3.05) is 14.1 Å². The van der Waals surface area contributed by atoms with Crippen LogP contribution in [0.25, 0.3) is 0 Å². The Balaban J connectivity index is 2.31. The maximum atomic E-state index is 14.9. The Morgan fingerprint density at radius 2 is 2.12 bits per heavy atom. The van der Waals surface area contributed by atoms with Crippen molar-refractivity contribution in [1.82, 2.24) is 5.32 Å². The zero-order valence-electron chi connectivity index (χ0n) is 14.4. The SMILES string of the molecule is CN=C(CCc1ccc(Br)c(Oc2cc(C)cc(C#N)c2)c1F)NC. The molecule has 0 atom stereocenters. The van der Waals surface area contributed by atoms with E-state index >= 15 is 0 Å². The molecule has 0 aliphatic carbocycles. The van der Waals surface area contributed by atoms with E-state index in [1.807, 2.05) is 6.92 Å². The van der Waals surface area contributed by atoms with Gasteiger partial charge in [0.1, 0.15) is 5.75 Å². The monoisotopic (exact) mass is 403 g/mol. The van der Waals surface area contributed by atoms with Crippen LogP contribution >= 0.6 is 15.9 Å². The number of aryl methyl sites for hydroxylation is 2. The van der Waals surface area contributed by atoms with Crippen LogP contribution in [0.5, 0.6) is 11.5 Å². The van der Waals surface area contributed by atoms with Crippen LogP contribution in [0.15, 0.2) is 39.8 Å². The smallest absolute Gasteiger partial charge is 0.177 e. The third-order valence-corrected chi connectivity index (χ3v) is 4.34. The molecule has 0 saturated heterocycles. The van der Waals surface area contributed by atoms with E-state index in [2.05, 4.69) is 32.3 Å². The predicted octanol–water partition coefficient (Wildman–Crippen LogP) is 4.74. The fourth-order valence-electron chi connectivity index (χ4n) is 2.45. The Morgan fingerprint density at radius 1 is 1.36 bits per heavy atom. The molecule has 6 heteroatoms. The van der Waals surface area contributed by atoms with Crippen LogP contribution in [0.4, 0.5) is 4.39 Å². The first-order valence-corrected chi connectivity index (χ1v) is 8.57. The molecule has 0 amide bonds. The summed E-state index contributed by atoms with van der Waals surface area (Å²) < 4.78 is 21.1. The van der Waals surface area contributed by atoms with Crippen LogP contribution < -0.4 is 10.1 Å². The van der Waals surface area contributed by atoms with Crippen molar-refractivity contribution in [3.8, 4) is 17.6 Å². The van der Waals surface area contributed by atoms with Gasteiger partial charge in [-0.3, -0.25) is 4.99 Å². The van der Waals surface area contributed by atoms with Gasteiger partial charge in [0, 0.05) is 20.5 Å². The topological polar surface area (TPSA) is 57.4 Å². The number of nitrogens with one attached hydrogen (secondary N) is 1. The van der Waals surface area contributed by atoms with Gasteiger partial charge >= 0.3 is 0 Å². The van der Waals surface area contributed by atoms with Gasteiger partial charge in [0.2, 0.25) is 0 Å². The molecule has 2 rings (SSSR count). The first-order chi connectivity index (χ1) is 12.0. The standard InChI is InChI=1S/C19H19BrFN3O/c1-12-8-13(11-22)10-15(9-12)25-19-16(20)6-4-14(18(19)21)5-7-17(23-2)24-3/h4,6,8-10H,5,7H2,1-3H3,(H,23,24). The quantitative estimate of drug-likeness (QED) is 0.579. The molecule has 0 aliphatic rings. The summed E-state index contributed by atoms with van der Waals surface area (Å²) in [4.78, 5) is 4.10. The highest BCUT2D eigenvalue weighted by atomic mass is 79.9. The lowest BCUT2D eigenvalue weighted by atomic mass is 10.1. The number of nitrogens with zero attached hydrogens (tertiary/aromatic N) is 2. The number of amidine groups is 1. The first-order valence-electron chi connectivity index (χ1n) is 7.78. The molecule has 1 N–H and O–H groups in total. The molecule has 0 radical (unpaired) electrons. The summed E-state index contributed by atoms with van der Waals surface area (Å²) in [6, 6.07) is 10.7. The molecule has 0 heterocycles. The second-order valence-corrected chi connectivity index (χ2v) is 6.37. The van der Waals surface area contributed by atoms with Gasteiger partial charge in [0.15, 0.2) is 11.6 Å². The van der Waals surface area contributed by atoms with Gasteiger partial charge < -0.3 is 10.1 Å². The van der Waals surface area contributed by atoms with Gasteiger partial charge in [-0.2, -0.15) is 5.26 Å². The van der Waals surface area contributed by atoms with Crippen LogP contribution in [0.1, 0.15) is 23.1 Å². The average molecular weight is 404 g/mol. The number of hydrogen-bond acceptors (Lipinski definition) is 3. The van der Waals surface area contributed by atoms with Gasteiger partial charge in [-0.15, -0.1) is 0 Å². The van der Waals surface area contributed by atoms with Crippen molar-refractivity contribution >= 4 is 21.8 Å². The minimum Gasteiger partial charge on any atom is -0.453 e. The molecule has 130 valence electrons. The normalized spacial score (nSPS) is 11.1. The number of benzene rings is 2. The Labute approximate surface area is 155 Å². The Hall–Kier alpha value is -2.39. The highest BCUT2D eigenvalue weighted by molar-refractivity contribution is 9.10. The second-order valence-electron chi connectivity index (χ2n) is 5.52. The predicted molar refractivity (Wildman–Crippen MR) is 101 cm³/mol. The minimum absolute atomic E-state index is 0.117. The summed E-state index contributed by atoms with van der Waals surface area (Å²) in [5.41, 5.74) is 1.89. The zero-order valence-corrected chi connectivity index (χ0v) is 15.9. The Bertz CT molecular complexity index is 843. The van der Waals surface area contributed by atoms with E-state index in [0.29, 0.717) is 34.2 Å². The zero-order chi connectivity index (χ0) is 18.4. The van der Waals surface area contributed by atoms with Crippen molar-refractivity contribution in [1.29, 1.82) is 5.26 Å². The Kier molecular flexibility index (Phi) is 6.54. The number of hydrogen-bond donors (Lipinski definition) is 1. The molecular formula is C19H19BrFN3O. The molecule has 4 nitrogen and oxygen atoms in total. The van der Waals surface area contributed by atoms with Gasteiger partial charge in [0.05, 0.1) is 21.9 Å². The van der Waals surface area contributed by atoms with E-state index in [4.69, 9.17) is 10.00 Å². The number of rotatable bonds is 5. The second kappa shape index (κ2) is 8.63. The van der Waals surface area contributed by atoms with E-state index in [1.54, 1.807) is 44.4 Å². The van der Waals surface area contributed by atoms with Crippen molar-refractivity contribution in [2.45, 2.75) is 19.8 Å². The van der Waals surface area contributed by atoms with E-state index in [9.17, 15) is 4.39 Å². The van der Waals surface area contributed by atoms with E-state index in [0.717, 1.165) is 11.4 Å². The third kappa shape index (κ3) is 4.80. The molecule has 2 aromatic carbocycles. The summed E-state index contributed by atoms with van der Waals surface area (Å²) in [5, 5.41) is 12.1. The van der Waals surface area contributed by atoms with E-state index in [-0.39, 0.29) is 5.75 Å². The summed E-state index contributed by atoms with van der Waals surface area (Å²) >= 11 is 3.33. The lowest BCUT2D eigenvalue weighted by molar-refractivity contribution is 0.435. The number of aliphatic imine (C=N–C) groups is 1. The molecule has 0 aliphatic heterocycles. The van der Waals surface area contributed by atoms with Crippen molar-refractivity contribution < 1.29 is 9.13 Å². The molecule has 0 unspecified atom stereocenters. The van der Waals surface area contributed by atoms with Crippen LogP contribution in [0, 0.1) is 24.1 Å². The number of ether oxygens (including phenoxy) is 1. The molecular weight excluding hydrogens is 385 g/mol. The maximum absolute atomic E-state index is 14.9. The van der Waals surface area contributed by atoms with E-state index < -0.39 is 5.82 Å². The molecule has 0 spiro atoms. The fraction of sp³-hybridized carbons (Fsp3) is 0.263. The van der Waals surface area contributed by atoms with Crippen LogP contribution in [0.2, 0.25) is 0 Å². The van der Waals surface area contributed by atoms with Crippen molar-refractivity contribution in [3.05, 3.63) is 57.3 Å². The fourth-order valence-corrected chi connectivity index (χ4v) is 2.84. The van der Waals surface area contributed by atoms with Gasteiger partial charge in [-0.05, 0) is 64.7 Å². The number of nitriles is 1. The lowest BCUT2D eigenvalue weighted by Gasteiger charge is -2.13. The van der Waals surface area contributed by atoms with Crippen molar-refractivity contribution in [3.63, 3.8) is 0 Å². The molecule has 0 fully saturated rings. The lowest BCUT2D eigenvalue weighted by Crippen LogP contribution is -2.18. The highest BCUT2D eigenvalue weighted by Gasteiger charge is 2.15. The maximum Gasteiger partial charge on any atom is 0.177 e. The minimum atomic E-state index is -0.416. The Morgan fingerprint density at radius 3 is 2.76 bits per heavy atom. The molecule has 25 heavy (non-hydrogen) atoms.